The van der Waals surface area contributed by atoms with Crippen molar-refractivity contribution >= 4 is 10.9 Å². The molecule has 0 aliphatic heterocycles. The Morgan fingerprint density at radius 1 is 0.429 bits per heavy atom. The largest absolute Gasteiger partial charge is 0.255 e. The highest BCUT2D eigenvalue weighted by Gasteiger charge is 2.27. The van der Waals surface area contributed by atoms with Gasteiger partial charge in [-0.2, -0.15) is 0 Å². The number of benzene rings is 3. The summed E-state index contributed by atoms with van der Waals surface area (Å²) in [4.78, 5) is 4.08. The molecule has 0 spiro atoms. The van der Waals surface area contributed by atoms with Crippen LogP contribution in [0.15, 0.2) is 106 Å². The van der Waals surface area contributed by atoms with Crippen LogP contribution in [0.5, 0.6) is 0 Å². The number of hydrogen-bond donors (Lipinski definition) is 2. The summed E-state index contributed by atoms with van der Waals surface area (Å²) in [5, 5.41) is 12.0. The van der Waals surface area contributed by atoms with Crippen molar-refractivity contribution in [3.8, 4) is 0 Å². The molecule has 0 saturated carbocycles. The van der Waals surface area contributed by atoms with E-state index in [0.29, 0.717) is 0 Å². The highest BCUT2D eigenvalue weighted by Crippen LogP contribution is 2.30. The van der Waals surface area contributed by atoms with E-state index in [9.17, 15) is 0 Å². The first kappa shape index (κ1) is 15.3. The Morgan fingerprint density at radius 3 is 0.905 bits per heavy atom. The Balaban J connectivity index is 0.000000774. The highest BCUT2D eigenvalue weighted by molar-refractivity contribution is 7.97. The molecule has 0 aromatic heterocycles. The fraction of sp³-hybridized carbons (Fsp3) is 0. The highest BCUT2D eigenvalue weighted by atomic mass is 32.2. The quantitative estimate of drug-likeness (QED) is 0.414. The molecule has 106 valence electrons. The van der Waals surface area contributed by atoms with Gasteiger partial charge in [-0.25, -0.2) is 0 Å². The van der Waals surface area contributed by atoms with Crippen molar-refractivity contribution in [1.82, 2.24) is 0 Å². The summed E-state index contributed by atoms with van der Waals surface area (Å²) in [5.74, 6) is 0. The molecule has 0 radical (unpaired) electrons. The molecule has 3 heteroatoms. The van der Waals surface area contributed by atoms with Crippen molar-refractivity contribution in [3.63, 3.8) is 0 Å². The summed E-state index contributed by atoms with van der Waals surface area (Å²) in [6.45, 7) is 0. The van der Waals surface area contributed by atoms with E-state index >= 15 is 0 Å². The fourth-order valence-corrected chi connectivity index (χ4v) is 4.18. The van der Waals surface area contributed by atoms with Gasteiger partial charge in [0, 0.05) is 0 Å². The Labute approximate surface area is 127 Å². The van der Waals surface area contributed by atoms with Crippen LogP contribution in [0.3, 0.4) is 0 Å². The van der Waals surface area contributed by atoms with Gasteiger partial charge >= 0.3 is 0 Å². The Kier molecular flexibility index (Phi) is 6.03. The van der Waals surface area contributed by atoms with Gasteiger partial charge in [0.05, 0.1) is 10.9 Å². The second-order valence-corrected chi connectivity index (χ2v) is 6.27. The summed E-state index contributed by atoms with van der Waals surface area (Å²) < 4.78 is 0. The molecular weight excluding hydrogens is 280 g/mol. The molecule has 0 aliphatic carbocycles. The zero-order chi connectivity index (χ0) is 14.9. The minimum Gasteiger partial charge on any atom is -0.255 e. The molecule has 2 N–H and O–H groups in total. The molecule has 0 atom stereocenters. The minimum atomic E-state index is -0.0146. The predicted octanol–water partition coefficient (Wildman–Crippen LogP) is 4.80. The number of hydrogen-bond acceptors (Lipinski definition) is 2. The van der Waals surface area contributed by atoms with Crippen molar-refractivity contribution in [2.45, 2.75) is 14.7 Å². The van der Waals surface area contributed by atoms with Gasteiger partial charge < -0.3 is 0 Å². The van der Waals surface area contributed by atoms with E-state index in [0.717, 1.165) is 0 Å². The van der Waals surface area contributed by atoms with Crippen LogP contribution in [0.1, 0.15) is 0 Å². The second-order valence-electron chi connectivity index (χ2n) is 4.25. The molecule has 0 heterocycles. The van der Waals surface area contributed by atoms with E-state index in [1.165, 1.54) is 14.7 Å². The van der Waals surface area contributed by atoms with Crippen molar-refractivity contribution in [2.75, 3.05) is 0 Å². The number of rotatable bonds is 3. The van der Waals surface area contributed by atoms with E-state index in [2.05, 4.69) is 91.0 Å². The van der Waals surface area contributed by atoms with Gasteiger partial charge in [0.25, 0.3) is 0 Å². The average Bonchev–Trinajstić information content (AvgIpc) is 2.60. The van der Waals surface area contributed by atoms with Crippen LogP contribution in [0.2, 0.25) is 0 Å². The van der Waals surface area contributed by atoms with Crippen LogP contribution in [0, 0.1) is 0 Å². The van der Waals surface area contributed by atoms with Crippen molar-refractivity contribution in [2.24, 2.45) is 0 Å². The van der Waals surface area contributed by atoms with Crippen LogP contribution in [-0.2, 0) is 10.9 Å². The van der Waals surface area contributed by atoms with Gasteiger partial charge in [0.1, 0.15) is 0 Å². The van der Waals surface area contributed by atoms with Gasteiger partial charge in [0.15, 0.2) is 14.7 Å². The summed E-state index contributed by atoms with van der Waals surface area (Å²) in [6, 6.07) is 32.2. The first-order valence-electron chi connectivity index (χ1n) is 6.54. The zero-order valence-electron chi connectivity index (χ0n) is 11.5. The summed E-state index contributed by atoms with van der Waals surface area (Å²) in [7, 11) is -0.0146. The van der Waals surface area contributed by atoms with E-state index in [1.54, 1.807) is 0 Å². The van der Waals surface area contributed by atoms with Crippen LogP contribution in [-0.4, -0.2) is 10.5 Å². The molecule has 21 heavy (non-hydrogen) atoms. The maximum absolute atomic E-state index is 6.00. The fourth-order valence-electron chi connectivity index (χ4n) is 2.08. The van der Waals surface area contributed by atoms with E-state index in [4.69, 9.17) is 10.5 Å². The van der Waals surface area contributed by atoms with Crippen molar-refractivity contribution in [1.29, 1.82) is 0 Å². The maximum atomic E-state index is 6.00. The second kappa shape index (κ2) is 8.27. The van der Waals surface area contributed by atoms with Gasteiger partial charge in [0.2, 0.25) is 0 Å². The van der Waals surface area contributed by atoms with Crippen LogP contribution in [0.25, 0.3) is 0 Å². The standard InChI is InChI=1S/C18H15S.H2O2/c1-4-10-16(11-5-1)19(17-12-6-2-7-13-17)18-14-8-3-9-15-18;1-2/h1-15H;1-2H/q+1;. The van der Waals surface area contributed by atoms with E-state index < -0.39 is 0 Å². The third-order valence-electron chi connectivity index (χ3n) is 2.94. The zero-order valence-corrected chi connectivity index (χ0v) is 12.3. The topological polar surface area (TPSA) is 40.5 Å². The molecule has 0 aliphatic rings. The molecule has 0 unspecified atom stereocenters. The third kappa shape index (κ3) is 3.95. The third-order valence-corrected chi connectivity index (χ3v) is 5.17. The molecule has 3 aromatic carbocycles. The summed E-state index contributed by atoms with van der Waals surface area (Å²) in [6.07, 6.45) is 0. The SMILES string of the molecule is OO.c1ccc([S+](c2ccccc2)c2ccccc2)cc1. The molecule has 0 bridgehead atoms. The Morgan fingerprint density at radius 2 is 0.667 bits per heavy atom. The lowest BCUT2D eigenvalue weighted by Gasteiger charge is -2.07. The lowest BCUT2D eigenvalue weighted by atomic mass is 10.4. The molecule has 0 amide bonds. The van der Waals surface area contributed by atoms with Crippen molar-refractivity contribution < 1.29 is 10.5 Å². The van der Waals surface area contributed by atoms with Gasteiger partial charge in [-0.15, -0.1) is 0 Å². The molecular formula is C18H17O2S+. The smallest absolute Gasteiger partial charge is 0.166 e. The summed E-state index contributed by atoms with van der Waals surface area (Å²) in [5.41, 5.74) is 0. The van der Waals surface area contributed by atoms with Gasteiger partial charge in [-0.1, -0.05) is 54.6 Å². The van der Waals surface area contributed by atoms with Crippen LogP contribution >= 0.6 is 0 Å². The first-order valence-corrected chi connectivity index (χ1v) is 7.77. The van der Waals surface area contributed by atoms with E-state index in [1.807, 2.05) is 0 Å². The first-order chi connectivity index (χ1) is 10.4. The minimum absolute atomic E-state index is 0.0146. The van der Waals surface area contributed by atoms with Gasteiger partial charge in [-0.3, -0.25) is 10.5 Å². The Bertz CT molecular complexity index is 533. The lowest BCUT2D eigenvalue weighted by molar-refractivity contribution is -0.176. The Hall–Kier alpha value is -2.07. The van der Waals surface area contributed by atoms with Crippen LogP contribution in [0.4, 0.5) is 0 Å². The predicted molar refractivity (Wildman–Crippen MR) is 86.7 cm³/mol. The molecule has 0 saturated heterocycles. The monoisotopic (exact) mass is 297 g/mol. The normalized spacial score (nSPS) is 9.86. The van der Waals surface area contributed by atoms with Crippen LogP contribution < -0.4 is 0 Å². The van der Waals surface area contributed by atoms with Gasteiger partial charge in [-0.05, 0) is 36.4 Å². The molecule has 2 nitrogen and oxygen atoms in total. The average molecular weight is 297 g/mol. The molecule has 3 aromatic rings. The summed E-state index contributed by atoms with van der Waals surface area (Å²) >= 11 is 0. The van der Waals surface area contributed by atoms with Crippen molar-refractivity contribution in [3.05, 3.63) is 91.0 Å². The molecule has 0 fully saturated rings. The maximum Gasteiger partial charge on any atom is 0.166 e. The lowest BCUT2D eigenvalue weighted by Crippen LogP contribution is -2.04. The molecule has 3 rings (SSSR count). The van der Waals surface area contributed by atoms with E-state index in [-0.39, 0.29) is 10.9 Å².